The van der Waals surface area contributed by atoms with Gasteiger partial charge in [-0.25, -0.2) is 0 Å². The van der Waals surface area contributed by atoms with Gasteiger partial charge in [0.05, 0.1) is 5.92 Å². The number of ketones is 1. The van der Waals surface area contributed by atoms with Crippen molar-refractivity contribution in [3.05, 3.63) is 0 Å². The highest BCUT2D eigenvalue weighted by Crippen LogP contribution is 2.24. The lowest BCUT2D eigenvalue weighted by atomic mass is 10.0. The van der Waals surface area contributed by atoms with Gasteiger partial charge in [-0.15, -0.1) is 0 Å². The smallest absolute Gasteiger partial charge is 0.199 e. The highest BCUT2D eigenvalue weighted by molar-refractivity contribution is 8.13. The first kappa shape index (κ1) is 10.8. The lowest BCUT2D eigenvalue weighted by molar-refractivity contribution is -0.128. The van der Waals surface area contributed by atoms with Gasteiger partial charge in [-0.05, 0) is 18.6 Å². The summed E-state index contributed by atoms with van der Waals surface area (Å²) in [5.41, 5.74) is 0. The summed E-state index contributed by atoms with van der Waals surface area (Å²) >= 11 is 1.29. The van der Waals surface area contributed by atoms with Gasteiger partial charge < -0.3 is 0 Å². The van der Waals surface area contributed by atoms with Gasteiger partial charge >= 0.3 is 0 Å². The maximum Gasteiger partial charge on any atom is 0.199 e. The Hall–Kier alpha value is -0.310. The SMILES string of the molecule is CCSC(=O)C1CCCCCC1=O. The zero-order chi connectivity index (χ0) is 9.68. The van der Waals surface area contributed by atoms with E-state index in [1.807, 2.05) is 6.92 Å². The highest BCUT2D eigenvalue weighted by atomic mass is 32.2. The van der Waals surface area contributed by atoms with Crippen LogP contribution in [0.5, 0.6) is 0 Å². The monoisotopic (exact) mass is 200 g/mol. The average Bonchev–Trinajstić information content (AvgIpc) is 2.30. The van der Waals surface area contributed by atoms with Crippen LogP contribution >= 0.6 is 11.8 Å². The van der Waals surface area contributed by atoms with E-state index < -0.39 is 0 Å². The molecular formula is C10H16O2S. The Kier molecular flexibility index (Phi) is 4.50. The number of hydrogen-bond acceptors (Lipinski definition) is 3. The van der Waals surface area contributed by atoms with Crippen molar-refractivity contribution in [3.8, 4) is 0 Å². The molecule has 0 aromatic heterocycles. The van der Waals surface area contributed by atoms with E-state index in [0.29, 0.717) is 6.42 Å². The summed E-state index contributed by atoms with van der Waals surface area (Å²) in [6.45, 7) is 1.95. The average molecular weight is 200 g/mol. The zero-order valence-electron chi connectivity index (χ0n) is 8.04. The lowest BCUT2D eigenvalue weighted by Crippen LogP contribution is -2.20. The van der Waals surface area contributed by atoms with Gasteiger partial charge in [-0.1, -0.05) is 31.5 Å². The van der Waals surface area contributed by atoms with Crippen LogP contribution in [0, 0.1) is 5.92 Å². The Balaban J connectivity index is 2.53. The molecule has 74 valence electrons. The maximum absolute atomic E-state index is 11.5. The van der Waals surface area contributed by atoms with E-state index in [-0.39, 0.29) is 16.8 Å². The second kappa shape index (κ2) is 5.43. The Bertz CT molecular complexity index is 201. The predicted octanol–water partition coefficient (Wildman–Crippen LogP) is 2.42. The number of Topliss-reactive ketones (excluding diaryl/α,β-unsaturated/α-hetero) is 1. The number of rotatable bonds is 2. The van der Waals surface area contributed by atoms with Crippen LogP contribution in [0.4, 0.5) is 0 Å². The first-order valence-corrected chi connectivity index (χ1v) is 5.93. The van der Waals surface area contributed by atoms with Crippen molar-refractivity contribution < 1.29 is 9.59 Å². The fraction of sp³-hybridized carbons (Fsp3) is 0.800. The van der Waals surface area contributed by atoms with Gasteiger partial charge in [0.1, 0.15) is 5.78 Å². The van der Waals surface area contributed by atoms with Crippen molar-refractivity contribution in [1.82, 2.24) is 0 Å². The second-order valence-electron chi connectivity index (χ2n) is 3.37. The Morgan fingerprint density at radius 2 is 2.23 bits per heavy atom. The summed E-state index contributed by atoms with van der Waals surface area (Å²) < 4.78 is 0. The topological polar surface area (TPSA) is 34.1 Å². The largest absolute Gasteiger partial charge is 0.299 e. The molecule has 1 saturated carbocycles. The second-order valence-corrected chi connectivity index (χ2v) is 4.64. The van der Waals surface area contributed by atoms with Crippen molar-refractivity contribution in [2.24, 2.45) is 5.92 Å². The van der Waals surface area contributed by atoms with Crippen molar-refractivity contribution in [3.63, 3.8) is 0 Å². The van der Waals surface area contributed by atoms with Gasteiger partial charge in [0.2, 0.25) is 0 Å². The predicted molar refractivity (Wildman–Crippen MR) is 54.7 cm³/mol. The van der Waals surface area contributed by atoms with E-state index in [0.717, 1.165) is 31.4 Å². The Morgan fingerprint density at radius 3 is 2.92 bits per heavy atom. The number of carbonyl (C=O) groups excluding carboxylic acids is 2. The summed E-state index contributed by atoms with van der Waals surface area (Å²) in [4.78, 5) is 23.0. The van der Waals surface area contributed by atoms with Crippen LogP contribution in [0.15, 0.2) is 0 Å². The van der Waals surface area contributed by atoms with Crippen LogP contribution in [0.1, 0.15) is 39.0 Å². The van der Waals surface area contributed by atoms with Crippen LogP contribution in [0.3, 0.4) is 0 Å². The Morgan fingerprint density at radius 1 is 1.46 bits per heavy atom. The Labute approximate surface area is 83.5 Å². The molecule has 0 aromatic carbocycles. The molecular weight excluding hydrogens is 184 g/mol. The molecule has 3 heteroatoms. The van der Waals surface area contributed by atoms with E-state index in [1.165, 1.54) is 11.8 Å². The van der Waals surface area contributed by atoms with E-state index in [4.69, 9.17) is 0 Å². The summed E-state index contributed by atoms with van der Waals surface area (Å²) in [5.74, 6) is 0.665. The van der Waals surface area contributed by atoms with Gasteiger partial charge in [0, 0.05) is 6.42 Å². The van der Waals surface area contributed by atoms with E-state index in [2.05, 4.69) is 0 Å². The molecule has 2 nitrogen and oxygen atoms in total. The third kappa shape index (κ3) is 3.14. The molecule has 0 N–H and O–H groups in total. The van der Waals surface area contributed by atoms with E-state index in [9.17, 15) is 9.59 Å². The maximum atomic E-state index is 11.5. The quantitative estimate of drug-likeness (QED) is 0.507. The molecule has 0 heterocycles. The summed E-state index contributed by atoms with van der Waals surface area (Å²) in [7, 11) is 0. The fourth-order valence-electron chi connectivity index (χ4n) is 1.65. The van der Waals surface area contributed by atoms with Gasteiger partial charge in [0.15, 0.2) is 5.12 Å². The number of carbonyl (C=O) groups is 2. The molecule has 1 aliphatic carbocycles. The van der Waals surface area contributed by atoms with E-state index >= 15 is 0 Å². The lowest BCUT2D eigenvalue weighted by Gasteiger charge is -2.09. The number of hydrogen-bond donors (Lipinski definition) is 0. The van der Waals surface area contributed by atoms with Crippen LogP contribution in [0.2, 0.25) is 0 Å². The molecule has 0 spiro atoms. The standard InChI is InChI=1S/C10H16O2S/c1-2-13-10(12)8-6-4-3-5-7-9(8)11/h8H,2-7H2,1H3. The minimum atomic E-state index is -0.285. The van der Waals surface area contributed by atoms with Crippen molar-refractivity contribution in [2.45, 2.75) is 39.0 Å². The molecule has 1 atom stereocenters. The molecule has 1 aliphatic rings. The molecule has 0 saturated heterocycles. The molecule has 0 aliphatic heterocycles. The summed E-state index contributed by atoms with van der Waals surface area (Å²) in [6, 6.07) is 0. The molecule has 0 aromatic rings. The van der Waals surface area contributed by atoms with Crippen LogP contribution in [-0.2, 0) is 9.59 Å². The first-order valence-electron chi connectivity index (χ1n) is 4.95. The fourth-order valence-corrected chi connectivity index (χ4v) is 2.39. The molecule has 1 rings (SSSR count). The highest BCUT2D eigenvalue weighted by Gasteiger charge is 2.26. The van der Waals surface area contributed by atoms with E-state index in [1.54, 1.807) is 0 Å². The van der Waals surface area contributed by atoms with Crippen molar-refractivity contribution in [1.29, 1.82) is 0 Å². The van der Waals surface area contributed by atoms with Crippen LogP contribution in [-0.4, -0.2) is 16.7 Å². The van der Waals surface area contributed by atoms with Crippen molar-refractivity contribution in [2.75, 3.05) is 5.75 Å². The normalized spacial score (nSPS) is 24.1. The third-order valence-electron chi connectivity index (χ3n) is 2.38. The molecule has 1 unspecified atom stereocenters. The first-order chi connectivity index (χ1) is 6.25. The third-order valence-corrected chi connectivity index (χ3v) is 3.23. The van der Waals surface area contributed by atoms with Crippen LogP contribution in [0.25, 0.3) is 0 Å². The molecule has 13 heavy (non-hydrogen) atoms. The van der Waals surface area contributed by atoms with Gasteiger partial charge in [0.25, 0.3) is 0 Å². The van der Waals surface area contributed by atoms with Crippen LogP contribution < -0.4 is 0 Å². The minimum absolute atomic E-state index is 0.0920. The van der Waals surface area contributed by atoms with Crippen molar-refractivity contribution >= 4 is 22.7 Å². The molecule has 0 bridgehead atoms. The summed E-state index contributed by atoms with van der Waals surface area (Å²) in [6.07, 6.45) is 4.50. The zero-order valence-corrected chi connectivity index (χ0v) is 8.86. The molecule has 0 amide bonds. The molecule has 1 fully saturated rings. The summed E-state index contributed by atoms with van der Waals surface area (Å²) in [5, 5.41) is 0.0920. The molecule has 0 radical (unpaired) electrons. The van der Waals surface area contributed by atoms with Gasteiger partial charge in [-0.2, -0.15) is 0 Å². The number of thioether (sulfide) groups is 1. The minimum Gasteiger partial charge on any atom is -0.299 e. The van der Waals surface area contributed by atoms with Gasteiger partial charge in [-0.3, -0.25) is 9.59 Å².